The van der Waals surface area contributed by atoms with Gasteiger partial charge >= 0.3 is 0 Å². The number of pyridine rings is 1. The Kier molecular flexibility index (Phi) is 7.19. The third kappa shape index (κ3) is 5.21. The van der Waals surface area contributed by atoms with Crippen molar-refractivity contribution in [3.63, 3.8) is 0 Å². The summed E-state index contributed by atoms with van der Waals surface area (Å²) in [6.07, 6.45) is 6.64. The predicted octanol–water partition coefficient (Wildman–Crippen LogP) is 4.91. The summed E-state index contributed by atoms with van der Waals surface area (Å²) in [6, 6.07) is 14.0. The number of aromatic amines is 1. The van der Waals surface area contributed by atoms with E-state index in [0.717, 1.165) is 47.3 Å². The maximum atomic E-state index is 13.3. The molecular weight excluding hydrogens is 496 g/mol. The number of rotatable bonds is 9. The molecular formula is C29H34N6O4. The number of ether oxygens (including phenoxy) is 3. The molecule has 1 aliphatic heterocycles. The van der Waals surface area contributed by atoms with Crippen LogP contribution in [0.4, 0.5) is 0 Å². The highest BCUT2D eigenvalue weighted by molar-refractivity contribution is 5.83. The smallest absolute Gasteiger partial charge is 0.252 e. The average Bonchev–Trinajstić information content (AvgIpc) is 3.63. The van der Waals surface area contributed by atoms with Crippen molar-refractivity contribution >= 4 is 10.9 Å². The van der Waals surface area contributed by atoms with E-state index in [1.54, 1.807) is 7.11 Å². The number of hydrogen-bond acceptors (Lipinski definition) is 8. The molecule has 0 unspecified atom stereocenters. The molecule has 1 N–H and O–H groups in total. The highest BCUT2D eigenvalue weighted by Gasteiger charge is 2.29. The van der Waals surface area contributed by atoms with Crippen LogP contribution in [0.5, 0.6) is 17.2 Å². The number of benzene rings is 2. The summed E-state index contributed by atoms with van der Waals surface area (Å²) in [6.45, 7) is 3.39. The Labute approximate surface area is 226 Å². The Bertz CT molecular complexity index is 1490. The number of tetrazole rings is 1. The Balaban J connectivity index is 1.37. The monoisotopic (exact) mass is 530 g/mol. The average molecular weight is 531 g/mol. The molecule has 10 heteroatoms. The van der Waals surface area contributed by atoms with Crippen LogP contribution >= 0.6 is 0 Å². The van der Waals surface area contributed by atoms with Crippen molar-refractivity contribution in [2.24, 2.45) is 0 Å². The Morgan fingerprint density at radius 3 is 2.59 bits per heavy atom. The van der Waals surface area contributed by atoms with Crippen LogP contribution in [0.15, 0.2) is 47.3 Å². The molecule has 2 aliphatic rings. The topological polar surface area (TPSA) is 107 Å². The fraction of sp³-hybridized carbons (Fsp3) is 0.448. The number of hydrogen-bond donors (Lipinski definition) is 1. The van der Waals surface area contributed by atoms with Gasteiger partial charge in [0.25, 0.3) is 5.56 Å². The Hall–Kier alpha value is -3.92. The molecule has 0 saturated heterocycles. The number of methoxy groups -OCH3 is 1. The highest BCUT2D eigenvalue weighted by Crippen LogP contribution is 2.36. The molecule has 6 rings (SSSR count). The van der Waals surface area contributed by atoms with Crippen LogP contribution in [0.2, 0.25) is 0 Å². The van der Waals surface area contributed by atoms with Gasteiger partial charge in [0, 0.05) is 30.1 Å². The number of H-pyrrole nitrogens is 1. The molecule has 2 aromatic heterocycles. The largest absolute Gasteiger partial charge is 0.497 e. The molecule has 1 atom stereocenters. The first-order valence-corrected chi connectivity index (χ1v) is 13.7. The standard InChI is InChI=1S/C29H34N6O4/c1-3-25(28-31-32-33-35(28)22-7-5-4-6-8-22)34(16-19-9-11-23(37-2)12-10-19)17-21-13-20-14-26-27(39-18-38-26)15-24(20)30-29(21)36/h9-15,22,25H,3-8,16-18H2,1-2H3,(H,30,36)/t25-/m1/s1. The lowest BCUT2D eigenvalue weighted by Gasteiger charge is -2.32. The van der Waals surface area contributed by atoms with Gasteiger partial charge in [-0.3, -0.25) is 9.69 Å². The number of nitrogens with one attached hydrogen (secondary N) is 1. The van der Waals surface area contributed by atoms with E-state index >= 15 is 0 Å². The van der Waals surface area contributed by atoms with E-state index in [0.29, 0.717) is 36.2 Å². The molecule has 4 aromatic rings. The molecule has 2 aromatic carbocycles. The molecule has 1 saturated carbocycles. The number of aromatic nitrogens is 5. The van der Waals surface area contributed by atoms with Gasteiger partial charge in [-0.2, -0.15) is 0 Å². The van der Waals surface area contributed by atoms with Crippen LogP contribution in [-0.4, -0.2) is 44.0 Å². The SMILES string of the molecule is CC[C@H](c1nnnn1C1CCCCC1)N(Cc1ccc(OC)cc1)Cc1cc2cc3c(cc2[nH]c1=O)OCO3. The lowest BCUT2D eigenvalue weighted by atomic mass is 9.95. The van der Waals surface area contributed by atoms with Crippen molar-refractivity contribution in [1.29, 1.82) is 0 Å². The van der Waals surface area contributed by atoms with E-state index in [1.165, 1.54) is 19.3 Å². The predicted molar refractivity (Wildman–Crippen MR) is 146 cm³/mol. The van der Waals surface area contributed by atoms with Crippen molar-refractivity contribution in [1.82, 2.24) is 30.1 Å². The van der Waals surface area contributed by atoms with Crippen LogP contribution in [0.1, 0.15) is 74.5 Å². The minimum absolute atomic E-state index is 0.0733. The third-order valence-corrected chi connectivity index (χ3v) is 7.90. The number of nitrogens with zero attached hydrogens (tertiary/aromatic N) is 5. The Morgan fingerprint density at radius 2 is 1.85 bits per heavy atom. The first-order valence-electron chi connectivity index (χ1n) is 13.7. The van der Waals surface area contributed by atoms with Gasteiger partial charge in [-0.15, -0.1) is 5.10 Å². The first kappa shape index (κ1) is 25.4. The molecule has 39 heavy (non-hydrogen) atoms. The summed E-state index contributed by atoms with van der Waals surface area (Å²) < 4.78 is 18.5. The summed E-state index contributed by atoms with van der Waals surface area (Å²) in [7, 11) is 1.66. The summed E-state index contributed by atoms with van der Waals surface area (Å²) in [5.41, 5.74) is 2.39. The first-order chi connectivity index (χ1) is 19.1. The molecule has 10 nitrogen and oxygen atoms in total. The van der Waals surface area contributed by atoms with Gasteiger partial charge < -0.3 is 19.2 Å². The van der Waals surface area contributed by atoms with Crippen molar-refractivity contribution in [2.45, 2.75) is 70.6 Å². The lowest BCUT2D eigenvalue weighted by Crippen LogP contribution is -2.33. The lowest BCUT2D eigenvalue weighted by molar-refractivity contribution is 0.155. The van der Waals surface area contributed by atoms with E-state index in [2.05, 4.69) is 44.5 Å². The summed E-state index contributed by atoms with van der Waals surface area (Å²) in [5, 5.41) is 14.0. The molecule has 1 aliphatic carbocycles. The van der Waals surface area contributed by atoms with Gasteiger partial charge in [-0.25, -0.2) is 4.68 Å². The zero-order chi connectivity index (χ0) is 26.8. The molecule has 0 bridgehead atoms. The Morgan fingerprint density at radius 1 is 1.08 bits per heavy atom. The maximum absolute atomic E-state index is 13.3. The second-order valence-corrected chi connectivity index (χ2v) is 10.4. The van der Waals surface area contributed by atoms with Crippen LogP contribution in [0.25, 0.3) is 10.9 Å². The molecule has 1 fully saturated rings. The van der Waals surface area contributed by atoms with Crippen molar-refractivity contribution in [3.8, 4) is 17.2 Å². The van der Waals surface area contributed by atoms with Crippen LogP contribution < -0.4 is 19.8 Å². The van der Waals surface area contributed by atoms with Gasteiger partial charge in [-0.1, -0.05) is 38.3 Å². The van der Waals surface area contributed by atoms with E-state index in [9.17, 15) is 4.79 Å². The third-order valence-electron chi connectivity index (χ3n) is 7.90. The van der Waals surface area contributed by atoms with Gasteiger partial charge in [0.1, 0.15) is 5.75 Å². The second-order valence-electron chi connectivity index (χ2n) is 10.4. The quantitative estimate of drug-likeness (QED) is 0.325. The fourth-order valence-electron chi connectivity index (χ4n) is 5.83. The van der Waals surface area contributed by atoms with Crippen LogP contribution in [0, 0.1) is 0 Å². The zero-order valence-corrected chi connectivity index (χ0v) is 22.4. The number of fused-ring (bicyclic) bond motifs is 2. The molecule has 0 radical (unpaired) electrons. The maximum Gasteiger partial charge on any atom is 0.252 e. The minimum Gasteiger partial charge on any atom is -0.497 e. The van der Waals surface area contributed by atoms with Crippen molar-refractivity contribution in [3.05, 3.63) is 69.8 Å². The minimum atomic E-state index is -0.122. The zero-order valence-electron chi connectivity index (χ0n) is 22.4. The van der Waals surface area contributed by atoms with Crippen LogP contribution in [-0.2, 0) is 13.1 Å². The second kappa shape index (κ2) is 11.1. The summed E-state index contributed by atoms with van der Waals surface area (Å²) in [4.78, 5) is 18.6. The van der Waals surface area contributed by atoms with Crippen molar-refractivity contribution in [2.75, 3.05) is 13.9 Å². The van der Waals surface area contributed by atoms with Gasteiger partial charge in [0.05, 0.1) is 24.7 Å². The summed E-state index contributed by atoms with van der Waals surface area (Å²) in [5.74, 6) is 3.00. The van der Waals surface area contributed by atoms with Gasteiger partial charge in [0.2, 0.25) is 6.79 Å². The molecule has 3 heterocycles. The normalized spacial score (nSPS) is 16.2. The van der Waals surface area contributed by atoms with Crippen LogP contribution in [0.3, 0.4) is 0 Å². The van der Waals surface area contributed by atoms with E-state index in [1.807, 2.05) is 35.0 Å². The summed E-state index contributed by atoms with van der Waals surface area (Å²) >= 11 is 0. The molecule has 0 amide bonds. The van der Waals surface area contributed by atoms with Gasteiger partial charge in [0.15, 0.2) is 17.3 Å². The fourth-order valence-corrected chi connectivity index (χ4v) is 5.83. The highest BCUT2D eigenvalue weighted by atomic mass is 16.7. The van der Waals surface area contributed by atoms with Gasteiger partial charge in [-0.05, 0) is 59.5 Å². The molecule has 0 spiro atoms. The van der Waals surface area contributed by atoms with E-state index in [4.69, 9.17) is 14.2 Å². The van der Waals surface area contributed by atoms with Crippen molar-refractivity contribution < 1.29 is 14.2 Å². The molecule has 204 valence electrons. The van der Waals surface area contributed by atoms with E-state index in [-0.39, 0.29) is 18.4 Å². The van der Waals surface area contributed by atoms with E-state index < -0.39 is 0 Å².